The van der Waals surface area contributed by atoms with Crippen LogP contribution in [0.4, 0.5) is 10.5 Å². The summed E-state index contributed by atoms with van der Waals surface area (Å²) >= 11 is 0. The molecule has 0 fully saturated rings. The average molecular weight is 265 g/mol. The van der Waals surface area contributed by atoms with Crippen molar-refractivity contribution in [2.75, 3.05) is 11.9 Å². The lowest BCUT2D eigenvalue weighted by Crippen LogP contribution is -2.47. The fourth-order valence-electron chi connectivity index (χ4n) is 1.63. The summed E-state index contributed by atoms with van der Waals surface area (Å²) in [6.07, 6.45) is 0. The topological polar surface area (TPSA) is 113 Å². The van der Waals surface area contributed by atoms with Gasteiger partial charge in [-0.15, -0.1) is 0 Å². The molecule has 19 heavy (non-hydrogen) atoms. The monoisotopic (exact) mass is 265 g/mol. The maximum Gasteiger partial charge on any atom is 0.337 e. The predicted octanol–water partition coefficient (Wildman–Crippen LogP) is 0.404. The van der Waals surface area contributed by atoms with Crippen LogP contribution in [-0.4, -0.2) is 36.1 Å². The largest absolute Gasteiger partial charge is 0.478 e. The van der Waals surface area contributed by atoms with E-state index in [2.05, 4.69) is 5.32 Å². The Morgan fingerprint density at radius 3 is 2.42 bits per heavy atom. The Morgan fingerprint density at radius 1 is 1.32 bits per heavy atom. The van der Waals surface area contributed by atoms with Crippen LogP contribution in [0.5, 0.6) is 0 Å². The fraction of sp³-hybridized carbons (Fsp3) is 0.250. The highest BCUT2D eigenvalue weighted by Gasteiger charge is 2.22. The molecule has 3 amide bonds. The molecule has 1 unspecified atom stereocenters. The third-order valence-corrected chi connectivity index (χ3v) is 2.56. The first-order chi connectivity index (χ1) is 8.84. The number of rotatable bonds is 4. The zero-order valence-electron chi connectivity index (χ0n) is 10.6. The molecule has 0 spiro atoms. The number of primary amides is 1. The molecule has 1 aromatic rings. The van der Waals surface area contributed by atoms with Gasteiger partial charge in [0.1, 0.15) is 6.04 Å². The van der Waals surface area contributed by atoms with E-state index in [4.69, 9.17) is 10.8 Å². The van der Waals surface area contributed by atoms with Crippen molar-refractivity contribution >= 4 is 23.6 Å². The Labute approximate surface area is 110 Å². The van der Waals surface area contributed by atoms with E-state index in [1.165, 1.54) is 31.0 Å². The van der Waals surface area contributed by atoms with Crippen LogP contribution in [0.2, 0.25) is 0 Å². The molecule has 4 N–H and O–H groups in total. The van der Waals surface area contributed by atoms with Crippen molar-refractivity contribution in [1.82, 2.24) is 5.32 Å². The van der Waals surface area contributed by atoms with Gasteiger partial charge in [0.15, 0.2) is 0 Å². The second-order valence-corrected chi connectivity index (χ2v) is 3.95. The van der Waals surface area contributed by atoms with Crippen molar-refractivity contribution in [3.63, 3.8) is 0 Å². The number of carboxylic acids is 1. The second-order valence-electron chi connectivity index (χ2n) is 3.95. The second kappa shape index (κ2) is 5.85. The number of hydrogen-bond acceptors (Lipinski definition) is 3. The number of para-hydroxylation sites is 1. The number of amides is 3. The van der Waals surface area contributed by atoms with E-state index in [1.54, 1.807) is 12.1 Å². The molecular weight excluding hydrogens is 250 g/mol. The van der Waals surface area contributed by atoms with Crippen LogP contribution in [0.25, 0.3) is 0 Å². The lowest BCUT2D eigenvalue weighted by Gasteiger charge is -2.23. The molecule has 0 aromatic heterocycles. The molecule has 7 heteroatoms. The van der Waals surface area contributed by atoms with Gasteiger partial charge >= 0.3 is 12.0 Å². The third-order valence-electron chi connectivity index (χ3n) is 2.56. The first-order valence-corrected chi connectivity index (χ1v) is 5.50. The van der Waals surface area contributed by atoms with Gasteiger partial charge in [-0.1, -0.05) is 12.1 Å². The van der Waals surface area contributed by atoms with E-state index in [0.29, 0.717) is 0 Å². The van der Waals surface area contributed by atoms with Crippen LogP contribution >= 0.6 is 0 Å². The molecule has 0 bridgehead atoms. The van der Waals surface area contributed by atoms with E-state index < -0.39 is 23.9 Å². The lowest BCUT2D eigenvalue weighted by molar-refractivity contribution is -0.119. The molecule has 0 saturated heterocycles. The highest BCUT2D eigenvalue weighted by Crippen LogP contribution is 2.19. The lowest BCUT2D eigenvalue weighted by atomic mass is 10.1. The molecule has 0 aliphatic heterocycles. The highest BCUT2D eigenvalue weighted by atomic mass is 16.4. The molecule has 1 atom stereocenters. The van der Waals surface area contributed by atoms with Crippen LogP contribution in [0.3, 0.4) is 0 Å². The van der Waals surface area contributed by atoms with Crippen molar-refractivity contribution < 1.29 is 19.5 Å². The van der Waals surface area contributed by atoms with Crippen LogP contribution in [0.15, 0.2) is 24.3 Å². The number of aromatic carboxylic acids is 1. The number of benzene rings is 1. The number of nitrogens with zero attached hydrogens (tertiary/aromatic N) is 1. The van der Waals surface area contributed by atoms with Gasteiger partial charge in [0.25, 0.3) is 0 Å². The zero-order chi connectivity index (χ0) is 14.6. The van der Waals surface area contributed by atoms with Gasteiger partial charge in [-0.25, -0.2) is 9.59 Å². The number of carbonyl (C=O) groups excluding carboxylic acids is 2. The first kappa shape index (κ1) is 14.5. The Hall–Kier alpha value is -2.57. The summed E-state index contributed by atoms with van der Waals surface area (Å²) in [6.45, 7) is 1.47. The summed E-state index contributed by atoms with van der Waals surface area (Å²) in [5, 5.41) is 11.3. The number of likely N-dealkylation sites (N-methyl/N-ethyl adjacent to an activating group) is 1. The Kier molecular flexibility index (Phi) is 4.46. The maximum absolute atomic E-state index is 12.0. The van der Waals surface area contributed by atoms with E-state index in [-0.39, 0.29) is 11.3 Å². The SMILES string of the molecule is CC(NC(N)=O)C(=O)N(C)c1ccccc1C(=O)O. The molecule has 1 aromatic carbocycles. The molecule has 102 valence electrons. The van der Waals surface area contributed by atoms with Crippen LogP contribution in [0.1, 0.15) is 17.3 Å². The van der Waals surface area contributed by atoms with Gasteiger partial charge in [-0.3, -0.25) is 4.79 Å². The van der Waals surface area contributed by atoms with Gasteiger partial charge in [0.2, 0.25) is 5.91 Å². The van der Waals surface area contributed by atoms with Crippen LogP contribution in [-0.2, 0) is 4.79 Å². The van der Waals surface area contributed by atoms with Crippen molar-refractivity contribution in [2.24, 2.45) is 5.73 Å². The van der Waals surface area contributed by atoms with Crippen LogP contribution in [0, 0.1) is 0 Å². The van der Waals surface area contributed by atoms with Gasteiger partial charge < -0.3 is 21.1 Å². The Morgan fingerprint density at radius 2 is 1.89 bits per heavy atom. The number of hydrogen-bond donors (Lipinski definition) is 3. The number of carboxylic acid groups (broad SMARTS) is 1. The minimum Gasteiger partial charge on any atom is -0.478 e. The molecule has 1 rings (SSSR count). The Bertz CT molecular complexity index is 515. The summed E-state index contributed by atoms with van der Waals surface area (Å²) in [5.41, 5.74) is 5.19. The molecule has 0 aliphatic rings. The summed E-state index contributed by atoms with van der Waals surface area (Å²) in [6, 6.07) is 4.44. The maximum atomic E-state index is 12.0. The minimum atomic E-state index is -1.13. The summed E-state index contributed by atoms with van der Waals surface area (Å²) < 4.78 is 0. The number of nitrogens with one attached hydrogen (secondary N) is 1. The number of carbonyl (C=O) groups is 3. The molecule has 0 radical (unpaired) electrons. The van der Waals surface area contributed by atoms with Crippen LogP contribution < -0.4 is 16.0 Å². The van der Waals surface area contributed by atoms with Crippen molar-refractivity contribution in [1.29, 1.82) is 0 Å². The Balaban J connectivity index is 3.00. The summed E-state index contributed by atoms with van der Waals surface area (Å²) in [4.78, 5) is 35.0. The van der Waals surface area contributed by atoms with E-state index in [0.717, 1.165) is 0 Å². The molecular formula is C12H15N3O4. The zero-order valence-corrected chi connectivity index (χ0v) is 10.6. The van der Waals surface area contributed by atoms with E-state index >= 15 is 0 Å². The highest BCUT2D eigenvalue weighted by molar-refractivity contribution is 6.04. The van der Waals surface area contributed by atoms with Crippen molar-refractivity contribution in [2.45, 2.75) is 13.0 Å². The first-order valence-electron chi connectivity index (χ1n) is 5.50. The predicted molar refractivity (Wildman–Crippen MR) is 69.0 cm³/mol. The van der Waals surface area contributed by atoms with Gasteiger partial charge in [0.05, 0.1) is 11.3 Å². The fourth-order valence-corrected chi connectivity index (χ4v) is 1.63. The van der Waals surface area contributed by atoms with E-state index in [1.807, 2.05) is 0 Å². The number of urea groups is 1. The molecule has 0 aliphatic carbocycles. The van der Waals surface area contributed by atoms with Crippen molar-refractivity contribution in [3.05, 3.63) is 29.8 Å². The molecule has 7 nitrogen and oxygen atoms in total. The van der Waals surface area contributed by atoms with Crippen molar-refractivity contribution in [3.8, 4) is 0 Å². The normalized spacial score (nSPS) is 11.5. The standard InChI is InChI=1S/C12H15N3O4/c1-7(14-12(13)19)10(16)15(2)9-6-4-3-5-8(9)11(17)18/h3-7H,1-2H3,(H,17,18)(H3,13,14,19). The summed E-state index contributed by atoms with van der Waals surface area (Å²) in [5.74, 6) is -1.60. The number of nitrogens with two attached hydrogens (primary N) is 1. The average Bonchev–Trinajstić information content (AvgIpc) is 2.36. The third kappa shape index (κ3) is 3.44. The molecule has 0 saturated carbocycles. The molecule has 0 heterocycles. The van der Waals surface area contributed by atoms with Gasteiger partial charge in [-0.05, 0) is 19.1 Å². The van der Waals surface area contributed by atoms with Gasteiger partial charge in [0, 0.05) is 7.05 Å². The van der Waals surface area contributed by atoms with E-state index in [9.17, 15) is 14.4 Å². The quantitative estimate of drug-likeness (QED) is 0.731. The summed E-state index contributed by atoms with van der Waals surface area (Å²) in [7, 11) is 1.43. The minimum absolute atomic E-state index is 0.00428. The number of anilines is 1. The smallest absolute Gasteiger partial charge is 0.337 e. The van der Waals surface area contributed by atoms with Gasteiger partial charge in [-0.2, -0.15) is 0 Å².